The maximum atomic E-state index is 12.8. The Hall–Kier alpha value is -1.39. The molecule has 20 heavy (non-hydrogen) atoms. The molecule has 0 aliphatic carbocycles. The fourth-order valence-electron chi connectivity index (χ4n) is 1.79. The van der Waals surface area contributed by atoms with Gasteiger partial charge in [0.2, 0.25) is 0 Å². The van der Waals surface area contributed by atoms with Crippen LogP contribution in [0.1, 0.15) is 15.9 Å². The zero-order valence-electron chi connectivity index (χ0n) is 10.7. The van der Waals surface area contributed by atoms with Crippen LogP contribution in [-0.4, -0.2) is 17.9 Å². The van der Waals surface area contributed by atoms with E-state index in [0.717, 1.165) is 5.56 Å². The summed E-state index contributed by atoms with van der Waals surface area (Å²) in [7, 11) is 1.70. The van der Waals surface area contributed by atoms with Gasteiger partial charge in [-0.1, -0.05) is 23.7 Å². The summed E-state index contributed by atoms with van der Waals surface area (Å²) < 4.78 is 13.5. The third kappa shape index (κ3) is 3.58. The van der Waals surface area contributed by atoms with Gasteiger partial charge in [0.05, 0.1) is 5.02 Å². The van der Waals surface area contributed by atoms with Crippen LogP contribution >= 0.6 is 27.5 Å². The smallest absolute Gasteiger partial charge is 0.253 e. The van der Waals surface area contributed by atoms with Gasteiger partial charge in [0.25, 0.3) is 5.91 Å². The molecule has 0 atom stereocenters. The second-order valence-electron chi connectivity index (χ2n) is 4.42. The van der Waals surface area contributed by atoms with Crippen LogP contribution in [0.3, 0.4) is 0 Å². The predicted octanol–water partition coefficient (Wildman–Crippen LogP) is 4.51. The Labute approximate surface area is 130 Å². The molecular formula is C15H12BrClFNO. The van der Waals surface area contributed by atoms with E-state index >= 15 is 0 Å². The quantitative estimate of drug-likeness (QED) is 0.792. The summed E-state index contributed by atoms with van der Waals surface area (Å²) in [5, 5.41) is 0.558. The molecule has 2 nitrogen and oxygen atoms in total. The highest BCUT2D eigenvalue weighted by Gasteiger charge is 2.13. The molecule has 0 heterocycles. The molecule has 0 aliphatic rings. The van der Waals surface area contributed by atoms with E-state index in [4.69, 9.17) is 11.6 Å². The molecule has 2 rings (SSSR count). The van der Waals surface area contributed by atoms with E-state index in [-0.39, 0.29) is 11.7 Å². The number of rotatable bonds is 3. The Morgan fingerprint density at radius 3 is 2.50 bits per heavy atom. The molecule has 0 unspecified atom stereocenters. The molecule has 0 fully saturated rings. The first kappa shape index (κ1) is 15.0. The highest BCUT2D eigenvalue weighted by Crippen LogP contribution is 2.24. The van der Waals surface area contributed by atoms with E-state index in [1.165, 1.54) is 12.1 Å². The lowest BCUT2D eigenvalue weighted by atomic mass is 10.1. The molecule has 5 heteroatoms. The van der Waals surface area contributed by atoms with Gasteiger partial charge in [-0.25, -0.2) is 4.39 Å². The Balaban J connectivity index is 2.11. The molecule has 0 saturated heterocycles. The van der Waals surface area contributed by atoms with Crippen molar-refractivity contribution in [3.05, 3.63) is 68.9 Å². The van der Waals surface area contributed by atoms with Gasteiger partial charge in [0.15, 0.2) is 0 Å². The summed E-state index contributed by atoms with van der Waals surface area (Å²) >= 11 is 9.20. The maximum absolute atomic E-state index is 12.8. The van der Waals surface area contributed by atoms with Crippen LogP contribution in [0.15, 0.2) is 46.9 Å². The lowest BCUT2D eigenvalue weighted by Gasteiger charge is -2.17. The fraction of sp³-hybridized carbons (Fsp3) is 0.133. The van der Waals surface area contributed by atoms with E-state index < -0.39 is 0 Å². The van der Waals surface area contributed by atoms with Gasteiger partial charge in [0.1, 0.15) is 5.82 Å². The second-order valence-corrected chi connectivity index (χ2v) is 5.68. The number of benzene rings is 2. The molecule has 0 N–H and O–H groups in total. The molecule has 0 radical (unpaired) electrons. The maximum Gasteiger partial charge on any atom is 0.253 e. The summed E-state index contributed by atoms with van der Waals surface area (Å²) in [5.74, 6) is -0.406. The molecular weight excluding hydrogens is 345 g/mol. The topological polar surface area (TPSA) is 20.3 Å². The second kappa shape index (κ2) is 6.37. The lowest BCUT2D eigenvalue weighted by Crippen LogP contribution is -2.26. The minimum atomic E-state index is -0.288. The number of carbonyl (C=O) groups excluding carboxylic acids is 1. The van der Waals surface area contributed by atoms with Crippen molar-refractivity contribution >= 4 is 33.4 Å². The minimum absolute atomic E-state index is 0.119. The first-order chi connectivity index (χ1) is 9.47. The predicted molar refractivity (Wildman–Crippen MR) is 81.3 cm³/mol. The third-order valence-corrected chi connectivity index (χ3v) is 4.06. The summed E-state index contributed by atoms with van der Waals surface area (Å²) in [4.78, 5) is 13.8. The van der Waals surface area contributed by atoms with Crippen LogP contribution in [0.4, 0.5) is 4.39 Å². The van der Waals surface area contributed by atoms with E-state index in [0.29, 0.717) is 21.6 Å². The van der Waals surface area contributed by atoms with Crippen LogP contribution in [0.25, 0.3) is 0 Å². The third-order valence-electron chi connectivity index (χ3n) is 2.85. The first-order valence-corrected chi connectivity index (χ1v) is 7.09. The van der Waals surface area contributed by atoms with Crippen molar-refractivity contribution in [2.24, 2.45) is 0 Å². The molecule has 0 bridgehead atoms. The summed E-state index contributed by atoms with van der Waals surface area (Å²) in [6, 6.07) is 11.1. The zero-order valence-corrected chi connectivity index (χ0v) is 13.1. The Morgan fingerprint density at radius 2 is 1.90 bits per heavy atom. The van der Waals surface area contributed by atoms with E-state index in [9.17, 15) is 9.18 Å². The van der Waals surface area contributed by atoms with Crippen LogP contribution < -0.4 is 0 Å². The fourth-order valence-corrected chi connectivity index (χ4v) is 2.28. The molecule has 0 aromatic heterocycles. The summed E-state index contributed by atoms with van der Waals surface area (Å²) in [6.45, 7) is 0.416. The standard InChI is InChI=1S/C15H12BrClFNO/c1-19(9-10-2-5-12(18)6-3-10)15(20)11-4-7-14(17)13(16)8-11/h2-8H,9H2,1H3. The van der Waals surface area contributed by atoms with Crippen molar-refractivity contribution in [3.63, 3.8) is 0 Å². The normalized spacial score (nSPS) is 10.4. The van der Waals surface area contributed by atoms with Crippen molar-refractivity contribution in [2.75, 3.05) is 7.05 Å². The van der Waals surface area contributed by atoms with Gasteiger partial charge in [-0.2, -0.15) is 0 Å². The first-order valence-electron chi connectivity index (χ1n) is 5.92. The Morgan fingerprint density at radius 1 is 1.25 bits per heavy atom. The number of carbonyl (C=O) groups is 1. The van der Waals surface area contributed by atoms with E-state index in [2.05, 4.69) is 15.9 Å². The van der Waals surface area contributed by atoms with Crippen LogP contribution in [-0.2, 0) is 6.54 Å². The number of hydrogen-bond donors (Lipinski definition) is 0. The molecule has 104 valence electrons. The summed E-state index contributed by atoms with van der Waals surface area (Å²) in [5.41, 5.74) is 1.42. The molecule has 2 aromatic rings. The van der Waals surface area contributed by atoms with Gasteiger partial charge in [-0.05, 0) is 51.8 Å². The number of amides is 1. The van der Waals surface area contributed by atoms with Crippen molar-refractivity contribution < 1.29 is 9.18 Å². The van der Waals surface area contributed by atoms with Crippen molar-refractivity contribution in [1.29, 1.82) is 0 Å². The Bertz CT molecular complexity index is 630. The zero-order chi connectivity index (χ0) is 14.7. The number of nitrogens with zero attached hydrogens (tertiary/aromatic N) is 1. The van der Waals surface area contributed by atoms with Gasteiger partial charge >= 0.3 is 0 Å². The van der Waals surface area contributed by atoms with Crippen LogP contribution in [0.2, 0.25) is 5.02 Å². The molecule has 0 spiro atoms. The minimum Gasteiger partial charge on any atom is -0.337 e. The van der Waals surface area contributed by atoms with Gasteiger partial charge in [-0.15, -0.1) is 0 Å². The van der Waals surface area contributed by atoms with E-state index in [1.54, 1.807) is 42.3 Å². The van der Waals surface area contributed by atoms with Gasteiger partial charge in [-0.3, -0.25) is 4.79 Å². The van der Waals surface area contributed by atoms with E-state index in [1.807, 2.05) is 0 Å². The molecule has 1 amide bonds. The largest absolute Gasteiger partial charge is 0.337 e. The van der Waals surface area contributed by atoms with Gasteiger partial charge < -0.3 is 4.90 Å². The molecule has 0 aliphatic heterocycles. The summed E-state index contributed by atoms with van der Waals surface area (Å²) in [6.07, 6.45) is 0. The van der Waals surface area contributed by atoms with Crippen molar-refractivity contribution in [3.8, 4) is 0 Å². The lowest BCUT2D eigenvalue weighted by molar-refractivity contribution is 0.0785. The highest BCUT2D eigenvalue weighted by atomic mass is 79.9. The number of hydrogen-bond acceptors (Lipinski definition) is 1. The van der Waals surface area contributed by atoms with Crippen LogP contribution in [0.5, 0.6) is 0 Å². The van der Waals surface area contributed by atoms with Crippen molar-refractivity contribution in [2.45, 2.75) is 6.54 Å². The highest BCUT2D eigenvalue weighted by molar-refractivity contribution is 9.10. The number of halogens is 3. The monoisotopic (exact) mass is 355 g/mol. The average molecular weight is 357 g/mol. The van der Waals surface area contributed by atoms with Gasteiger partial charge in [0, 0.05) is 23.6 Å². The molecule has 0 saturated carbocycles. The molecule has 2 aromatic carbocycles. The van der Waals surface area contributed by atoms with Crippen LogP contribution in [0, 0.1) is 5.82 Å². The SMILES string of the molecule is CN(Cc1ccc(F)cc1)C(=O)c1ccc(Cl)c(Br)c1. The Kier molecular flexibility index (Phi) is 4.78. The van der Waals surface area contributed by atoms with Crippen molar-refractivity contribution in [1.82, 2.24) is 4.90 Å². The average Bonchev–Trinajstić information content (AvgIpc) is 2.43.